The summed E-state index contributed by atoms with van der Waals surface area (Å²) in [6.45, 7) is 8.45. The topological polar surface area (TPSA) is 61.0 Å². The van der Waals surface area contributed by atoms with Crippen LogP contribution in [0.5, 0.6) is 5.75 Å². The fourth-order valence-electron chi connectivity index (χ4n) is 2.31. The van der Waals surface area contributed by atoms with Crippen molar-refractivity contribution in [2.45, 2.75) is 39.2 Å². The van der Waals surface area contributed by atoms with Gasteiger partial charge in [-0.15, -0.1) is 0 Å². The average Bonchev–Trinajstić information content (AvgIpc) is 3.05. The maximum atomic E-state index is 5.91. The molecule has 3 rings (SSSR count). The van der Waals surface area contributed by atoms with Crippen molar-refractivity contribution in [1.82, 2.24) is 15.1 Å². The molecule has 2 heterocycles. The molecule has 1 aromatic carbocycles. The lowest BCUT2D eigenvalue weighted by molar-refractivity contribution is 0.175. The molecule has 0 amide bonds. The van der Waals surface area contributed by atoms with Crippen molar-refractivity contribution >= 4 is 0 Å². The lowest BCUT2D eigenvalue weighted by atomic mass is 9.87. The molecule has 0 aliphatic heterocycles. The highest BCUT2D eigenvalue weighted by molar-refractivity contribution is 5.52. The average molecular weight is 323 g/mol. The van der Waals surface area contributed by atoms with Crippen molar-refractivity contribution in [3.63, 3.8) is 0 Å². The fourth-order valence-corrected chi connectivity index (χ4v) is 2.31. The van der Waals surface area contributed by atoms with E-state index < -0.39 is 0 Å². The Morgan fingerprint density at radius 2 is 1.67 bits per heavy atom. The molecule has 0 unspecified atom stereocenters. The number of pyridine rings is 1. The Bertz CT molecular complexity index is 789. The molecule has 1 atom stereocenters. The third-order valence-corrected chi connectivity index (χ3v) is 3.76. The van der Waals surface area contributed by atoms with E-state index in [0.29, 0.717) is 11.7 Å². The van der Waals surface area contributed by atoms with Crippen LogP contribution in [0.3, 0.4) is 0 Å². The molecule has 0 bridgehead atoms. The Morgan fingerprint density at radius 1 is 1.00 bits per heavy atom. The van der Waals surface area contributed by atoms with Gasteiger partial charge in [0.25, 0.3) is 5.89 Å². The highest BCUT2D eigenvalue weighted by atomic mass is 16.5. The second-order valence-electron chi connectivity index (χ2n) is 6.73. The second kappa shape index (κ2) is 6.43. The summed E-state index contributed by atoms with van der Waals surface area (Å²) in [5, 5.41) is 4.00. The number of benzene rings is 1. The lowest BCUT2D eigenvalue weighted by Crippen LogP contribution is -2.10. The van der Waals surface area contributed by atoms with E-state index in [1.54, 1.807) is 12.4 Å². The number of ether oxygens (including phenoxy) is 1. The molecule has 5 nitrogen and oxygen atoms in total. The molecule has 24 heavy (non-hydrogen) atoms. The Kier molecular flexibility index (Phi) is 4.34. The molecule has 124 valence electrons. The van der Waals surface area contributed by atoms with E-state index >= 15 is 0 Å². The fraction of sp³-hybridized carbons (Fsp3) is 0.316. The summed E-state index contributed by atoms with van der Waals surface area (Å²) in [6, 6.07) is 11.8. The van der Waals surface area contributed by atoms with Gasteiger partial charge in [0.05, 0.1) is 0 Å². The minimum absolute atomic E-state index is 0.121. The molecule has 5 heteroatoms. The van der Waals surface area contributed by atoms with E-state index in [9.17, 15) is 0 Å². The van der Waals surface area contributed by atoms with Crippen molar-refractivity contribution in [3.05, 3.63) is 60.2 Å². The molecule has 0 N–H and O–H groups in total. The summed E-state index contributed by atoms with van der Waals surface area (Å²) in [5.41, 5.74) is 2.25. The first-order chi connectivity index (χ1) is 11.4. The zero-order valence-electron chi connectivity index (χ0n) is 14.4. The van der Waals surface area contributed by atoms with Crippen LogP contribution in [0.15, 0.2) is 53.3 Å². The van der Waals surface area contributed by atoms with Crippen molar-refractivity contribution < 1.29 is 9.26 Å². The predicted molar refractivity (Wildman–Crippen MR) is 91.7 cm³/mol. The van der Waals surface area contributed by atoms with Crippen LogP contribution < -0.4 is 4.74 Å². The van der Waals surface area contributed by atoms with Gasteiger partial charge in [-0.05, 0) is 42.2 Å². The zero-order valence-corrected chi connectivity index (χ0v) is 14.4. The number of hydrogen-bond donors (Lipinski definition) is 0. The van der Waals surface area contributed by atoms with Crippen LogP contribution in [0, 0.1) is 0 Å². The third-order valence-electron chi connectivity index (χ3n) is 3.76. The maximum absolute atomic E-state index is 5.91. The van der Waals surface area contributed by atoms with Gasteiger partial charge in [-0.3, -0.25) is 4.98 Å². The van der Waals surface area contributed by atoms with Crippen LogP contribution in [0.2, 0.25) is 0 Å². The van der Waals surface area contributed by atoms with Crippen molar-refractivity contribution in [2.24, 2.45) is 0 Å². The summed E-state index contributed by atoms with van der Waals surface area (Å²) in [7, 11) is 0. The predicted octanol–water partition coefficient (Wildman–Crippen LogP) is 4.57. The van der Waals surface area contributed by atoms with Gasteiger partial charge in [0.2, 0.25) is 5.82 Å². The number of hydrogen-bond acceptors (Lipinski definition) is 5. The molecule has 0 aliphatic carbocycles. The zero-order chi connectivity index (χ0) is 17.2. The number of aromatic nitrogens is 3. The minimum atomic E-state index is -0.325. The van der Waals surface area contributed by atoms with E-state index in [0.717, 1.165) is 11.3 Å². The van der Waals surface area contributed by atoms with E-state index in [4.69, 9.17) is 9.26 Å². The normalized spacial score (nSPS) is 12.8. The van der Waals surface area contributed by atoms with Gasteiger partial charge in [-0.1, -0.05) is 38.1 Å². The highest BCUT2D eigenvalue weighted by Gasteiger charge is 2.18. The molecular formula is C19H21N3O2. The van der Waals surface area contributed by atoms with Gasteiger partial charge in [-0.25, -0.2) is 0 Å². The van der Waals surface area contributed by atoms with Crippen molar-refractivity contribution in [1.29, 1.82) is 0 Å². The van der Waals surface area contributed by atoms with E-state index in [-0.39, 0.29) is 11.5 Å². The van der Waals surface area contributed by atoms with Crippen molar-refractivity contribution in [3.8, 4) is 17.1 Å². The van der Waals surface area contributed by atoms with Crippen LogP contribution in [0.4, 0.5) is 0 Å². The Morgan fingerprint density at radius 3 is 2.29 bits per heavy atom. The van der Waals surface area contributed by atoms with Gasteiger partial charge >= 0.3 is 0 Å². The molecule has 0 saturated carbocycles. The molecule has 0 fully saturated rings. The molecule has 3 aromatic rings. The molecular weight excluding hydrogens is 302 g/mol. The smallest absolute Gasteiger partial charge is 0.267 e. The molecule has 0 radical (unpaired) electrons. The van der Waals surface area contributed by atoms with Crippen LogP contribution in [-0.2, 0) is 5.41 Å². The van der Waals surface area contributed by atoms with Gasteiger partial charge in [0, 0.05) is 18.0 Å². The molecule has 2 aromatic heterocycles. The summed E-state index contributed by atoms with van der Waals surface area (Å²) >= 11 is 0. The van der Waals surface area contributed by atoms with Crippen LogP contribution in [0.1, 0.15) is 45.3 Å². The minimum Gasteiger partial charge on any atom is -0.481 e. The number of rotatable bonds is 4. The van der Waals surface area contributed by atoms with Crippen LogP contribution in [-0.4, -0.2) is 15.1 Å². The Labute approximate surface area is 141 Å². The van der Waals surface area contributed by atoms with Crippen LogP contribution >= 0.6 is 0 Å². The largest absolute Gasteiger partial charge is 0.481 e. The van der Waals surface area contributed by atoms with Gasteiger partial charge < -0.3 is 9.26 Å². The maximum Gasteiger partial charge on any atom is 0.267 e. The molecule has 0 aliphatic rings. The summed E-state index contributed by atoms with van der Waals surface area (Å²) < 4.78 is 11.2. The van der Waals surface area contributed by atoms with Crippen LogP contribution in [0.25, 0.3) is 11.4 Å². The Balaban J connectivity index is 1.71. The van der Waals surface area contributed by atoms with E-state index in [1.807, 2.05) is 31.2 Å². The van der Waals surface area contributed by atoms with Gasteiger partial charge in [0.1, 0.15) is 5.75 Å². The second-order valence-corrected chi connectivity index (χ2v) is 6.73. The van der Waals surface area contributed by atoms with E-state index in [2.05, 4.69) is 48.0 Å². The first-order valence-corrected chi connectivity index (χ1v) is 7.95. The first-order valence-electron chi connectivity index (χ1n) is 7.95. The van der Waals surface area contributed by atoms with Crippen molar-refractivity contribution in [2.75, 3.05) is 0 Å². The van der Waals surface area contributed by atoms with Gasteiger partial charge in [0.15, 0.2) is 6.10 Å². The number of nitrogens with zero attached hydrogens (tertiary/aromatic N) is 3. The summed E-state index contributed by atoms with van der Waals surface area (Å²) in [4.78, 5) is 8.38. The first kappa shape index (κ1) is 16.2. The SMILES string of the molecule is C[C@H](Oc1ccc(C(C)(C)C)cc1)c1nc(-c2ccncc2)no1. The van der Waals surface area contributed by atoms with E-state index in [1.165, 1.54) is 5.56 Å². The molecule has 0 saturated heterocycles. The summed E-state index contributed by atoms with van der Waals surface area (Å²) in [5.74, 6) is 1.76. The standard InChI is InChI=1S/C19H21N3O2/c1-13(23-16-7-5-15(6-8-16)19(2,3)4)18-21-17(22-24-18)14-9-11-20-12-10-14/h5-13H,1-4H3/t13-/m0/s1. The third kappa shape index (κ3) is 3.62. The highest BCUT2D eigenvalue weighted by Crippen LogP contribution is 2.27. The van der Waals surface area contributed by atoms with Gasteiger partial charge in [-0.2, -0.15) is 4.98 Å². The lowest BCUT2D eigenvalue weighted by Gasteiger charge is -2.19. The quantitative estimate of drug-likeness (QED) is 0.704. The summed E-state index contributed by atoms with van der Waals surface area (Å²) in [6.07, 6.45) is 3.07. The Hall–Kier alpha value is -2.69. The molecule has 0 spiro atoms. The monoisotopic (exact) mass is 323 g/mol.